The molecule has 146 valence electrons. The number of aryl methyl sites for hydroxylation is 1. The van der Waals surface area contributed by atoms with Gasteiger partial charge in [0.1, 0.15) is 11.4 Å². The van der Waals surface area contributed by atoms with Crippen molar-refractivity contribution < 1.29 is 4.74 Å². The van der Waals surface area contributed by atoms with E-state index in [1.807, 2.05) is 31.3 Å². The molecule has 0 spiro atoms. The van der Waals surface area contributed by atoms with E-state index in [1.54, 1.807) is 7.05 Å². The summed E-state index contributed by atoms with van der Waals surface area (Å²) in [5.41, 5.74) is 3.23. The van der Waals surface area contributed by atoms with Gasteiger partial charge in [-0.3, -0.25) is 9.98 Å². The van der Waals surface area contributed by atoms with Gasteiger partial charge in [-0.05, 0) is 44.9 Å². The summed E-state index contributed by atoms with van der Waals surface area (Å²) in [4.78, 5) is 8.73. The zero-order chi connectivity index (χ0) is 18.6. The minimum Gasteiger partial charge on any atom is -0.487 e. The largest absolute Gasteiger partial charge is 0.487 e. The number of rotatable bonds is 4. The fourth-order valence-corrected chi connectivity index (χ4v) is 3.26. The molecule has 2 aromatic rings. The molecule has 0 radical (unpaired) electrons. The zero-order valence-electron chi connectivity index (χ0n) is 16.5. The third kappa shape index (κ3) is 5.82. The monoisotopic (exact) mass is 480 g/mol. The molecule has 1 aliphatic heterocycles. The number of benzene rings is 1. The van der Waals surface area contributed by atoms with Crippen molar-refractivity contribution in [2.45, 2.75) is 45.3 Å². The molecule has 0 amide bonds. The summed E-state index contributed by atoms with van der Waals surface area (Å²) in [7, 11) is 1.80. The van der Waals surface area contributed by atoms with Gasteiger partial charge in [-0.1, -0.05) is 24.3 Å². The number of hydrogen-bond donors (Lipinski definition) is 2. The van der Waals surface area contributed by atoms with E-state index < -0.39 is 0 Å². The van der Waals surface area contributed by atoms with Crippen LogP contribution >= 0.6 is 24.0 Å². The number of aliphatic imine (C=N–C) groups is 1. The fraction of sp³-hybridized carbons (Fsp3) is 0.429. The Hall–Kier alpha value is -1.83. The van der Waals surface area contributed by atoms with E-state index in [4.69, 9.17) is 4.74 Å². The summed E-state index contributed by atoms with van der Waals surface area (Å²) < 4.78 is 6.11. The lowest BCUT2D eigenvalue weighted by Gasteiger charge is -2.38. The molecule has 2 heterocycles. The number of halogens is 1. The van der Waals surface area contributed by atoms with Crippen molar-refractivity contribution in [1.29, 1.82) is 0 Å². The van der Waals surface area contributed by atoms with Crippen molar-refractivity contribution in [1.82, 2.24) is 15.6 Å². The molecule has 1 aliphatic rings. The van der Waals surface area contributed by atoms with Gasteiger partial charge < -0.3 is 15.4 Å². The highest BCUT2D eigenvalue weighted by Crippen LogP contribution is 2.39. The highest BCUT2D eigenvalue weighted by molar-refractivity contribution is 14.0. The van der Waals surface area contributed by atoms with E-state index >= 15 is 0 Å². The molecular weight excluding hydrogens is 451 g/mol. The maximum Gasteiger partial charge on any atom is 0.191 e. The van der Waals surface area contributed by atoms with Crippen LogP contribution in [0, 0.1) is 6.92 Å². The second-order valence-electron chi connectivity index (χ2n) is 7.36. The van der Waals surface area contributed by atoms with Crippen molar-refractivity contribution in [2.24, 2.45) is 4.99 Å². The first-order valence-electron chi connectivity index (χ1n) is 9.13. The summed E-state index contributed by atoms with van der Waals surface area (Å²) in [5, 5.41) is 6.96. The standard InChI is InChI=1S/C21H28N4O.HI/c1-15-9-10-16(14-24-15)11-12-23-20(22-4)25-18-13-21(2,3)26-19-8-6-5-7-17(18)19;/h5-10,14,18H,11-13H2,1-4H3,(H2,22,23,25);1H. The van der Waals surface area contributed by atoms with Gasteiger partial charge in [0.05, 0.1) is 6.04 Å². The molecule has 1 aromatic heterocycles. The molecule has 1 unspecified atom stereocenters. The lowest BCUT2D eigenvalue weighted by molar-refractivity contribution is 0.0694. The number of nitrogens with zero attached hydrogens (tertiary/aromatic N) is 2. The zero-order valence-corrected chi connectivity index (χ0v) is 18.8. The van der Waals surface area contributed by atoms with Crippen LogP contribution in [0.25, 0.3) is 0 Å². The maximum atomic E-state index is 6.11. The van der Waals surface area contributed by atoms with E-state index in [2.05, 4.69) is 52.7 Å². The minimum absolute atomic E-state index is 0. The Morgan fingerprint density at radius 2 is 2.04 bits per heavy atom. The van der Waals surface area contributed by atoms with E-state index in [0.717, 1.165) is 36.8 Å². The molecule has 0 bridgehead atoms. The van der Waals surface area contributed by atoms with Crippen LogP contribution in [-0.2, 0) is 6.42 Å². The molecule has 5 nitrogen and oxygen atoms in total. The molecular formula is C21H29IN4O. The summed E-state index contributed by atoms with van der Waals surface area (Å²) in [6, 6.07) is 12.6. The molecule has 0 saturated carbocycles. The number of hydrogen-bond acceptors (Lipinski definition) is 3. The van der Waals surface area contributed by atoms with E-state index in [0.29, 0.717) is 0 Å². The number of guanidine groups is 1. The predicted octanol–water partition coefficient (Wildman–Crippen LogP) is 4.02. The van der Waals surface area contributed by atoms with Gasteiger partial charge in [-0.15, -0.1) is 24.0 Å². The first kappa shape index (κ1) is 21.5. The van der Waals surface area contributed by atoms with Crippen molar-refractivity contribution >= 4 is 29.9 Å². The summed E-state index contributed by atoms with van der Waals surface area (Å²) in [6.45, 7) is 7.05. The highest BCUT2D eigenvalue weighted by Gasteiger charge is 2.33. The number of para-hydroxylation sites is 1. The Balaban J connectivity index is 0.00000261. The van der Waals surface area contributed by atoms with Gasteiger partial charge in [0.2, 0.25) is 0 Å². The third-order valence-corrected chi connectivity index (χ3v) is 4.59. The SMILES string of the molecule is CN=C(NCCc1ccc(C)nc1)NC1CC(C)(C)Oc2ccccc21.I. The van der Waals surface area contributed by atoms with Gasteiger partial charge in [0.25, 0.3) is 0 Å². The van der Waals surface area contributed by atoms with Crippen molar-refractivity contribution in [3.05, 3.63) is 59.4 Å². The number of nitrogens with one attached hydrogen (secondary N) is 2. The Labute approximate surface area is 179 Å². The summed E-state index contributed by atoms with van der Waals surface area (Å²) in [5.74, 6) is 1.75. The van der Waals surface area contributed by atoms with Gasteiger partial charge >= 0.3 is 0 Å². The van der Waals surface area contributed by atoms with Crippen LogP contribution in [-0.4, -0.2) is 30.1 Å². The lowest BCUT2D eigenvalue weighted by Crippen LogP contribution is -2.45. The van der Waals surface area contributed by atoms with Gasteiger partial charge in [-0.25, -0.2) is 0 Å². The van der Waals surface area contributed by atoms with Crippen LogP contribution in [0.1, 0.15) is 43.1 Å². The topological polar surface area (TPSA) is 58.5 Å². The Kier molecular flexibility index (Phi) is 7.47. The predicted molar refractivity (Wildman–Crippen MR) is 121 cm³/mol. The smallest absolute Gasteiger partial charge is 0.191 e. The maximum absolute atomic E-state index is 6.11. The molecule has 1 atom stereocenters. The van der Waals surface area contributed by atoms with E-state index in [-0.39, 0.29) is 35.6 Å². The molecule has 6 heteroatoms. The average Bonchev–Trinajstić information content (AvgIpc) is 2.61. The third-order valence-electron chi connectivity index (χ3n) is 4.59. The Morgan fingerprint density at radius 1 is 1.26 bits per heavy atom. The van der Waals surface area contributed by atoms with Crippen LogP contribution in [0.2, 0.25) is 0 Å². The van der Waals surface area contributed by atoms with Crippen molar-refractivity contribution in [3.8, 4) is 5.75 Å². The molecule has 3 rings (SSSR count). The summed E-state index contributed by atoms with van der Waals surface area (Å²) in [6.07, 6.45) is 3.72. The van der Waals surface area contributed by atoms with Crippen LogP contribution < -0.4 is 15.4 Å². The lowest BCUT2D eigenvalue weighted by atomic mass is 9.90. The van der Waals surface area contributed by atoms with Gasteiger partial charge in [-0.2, -0.15) is 0 Å². The van der Waals surface area contributed by atoms with Crippen LogP contribution in [0.3, 0.4) is 0 Å². The van der Waals surface area contributed by atoms with Gasteiger partial charge in [0.15, 0.2) is 5.96 Å². The first-order valence-corrected chi connectivity index (χ1v) is 9.13. The van der Waals surface area contributed by atoms with E-state index in [9.17, 15) is 0 Å². The number of ether oxygens (including phenoxy) is 1. The fourth-order valence-electron chi connectivity index (χ4n) is 3.26. The molecule has 0 fully saturated rings. The van der Waals surface area contributed by atoms with Crippen LogP contribution in [0.15, 0.2) is 47.6 Å². The summed E-state index contributed by atoms with van der Waals surface area (Å²) >= 11 is 0. The second kappa shape index (κ2) is 9.39. The molecule has 0 saturated heterocycles. The quantitative estimate of drug-likeness (QED) is 0.395. The molecule has 2 N–H and O–H groups in total. The average molecular weight is 480 g/mol. The Morgan fingerprint density at radius 3 is 2.74 bits per heavy atom. The number of aromatic nitrogens is 1. The van der Waals surface area contributed by atoms with Crippen LogP contribution in [0.5, 0.6) is 5.75 Å². The van der Waals surface area contributed by atoms with Crippen LogP contribution in [0.4, 0.5) is 0 Å². The number of fused-ring (bicyclic) bond motifs is 1. The van der Waals surface area contributed by atoms with Gasteiger partial charge in [0, 0.05) is 37.5 Å². The Bertz CT molecular complexity index is 774. The molecule has 0 aliphatic carbocycles. The number of pyridine rings is 1. The normalized spacial score (nSPS) is 17.9. The first-order chi connectivity index (χ1) is 12.5. The minimum atomic E-state index is -0.210. The molecule has 1 aromatic carbocycles. The molecule has 27 heavy (non-hydrogen) atoms. The van der Waals surface area contributed by atoms with Crippen molar-refractivity contribution in [2.75, 3.05) is 13.6 Å². The second-order valence-corrected chi connectivity index (χ2v) is 7.36. The van der Waals surface area contributed by atoms with Crippen molar-refractivity contribution in [3.63, 3.8) is 0 Å². The highest BCUT2D eigenvalue weighted by atomic mass is 127. The van der Waals surface area contributed by atoms with E-state index in [1.165, 1.54) is 11.1 Å².